The highest BCUT2D eigenvalue weighted by Crippen LogP contribution is 2.12. The Labute approximate surface area is 105 Å². The number of nitrogens with two attached hydrogens (primary N) is 1. The number of rotatable bonds is 4. The smallest absolute Gasteiger partial charge is 0.239 e. The summed E-state index contributed by atoms with van der Waals surface area (Å²) in [5.41, 5.74) is 6.70. The summed E-state index contributed by atoms with van der Waals surface area (Å²) >= 11 is 3.38. The maximum Gasteiger partial charge on any atom is 0.239 e. The van der Waals surface area contributed by atoms with E-state index in [4.69, 9.17) is 5.73 Å². The van der Waals surface area contributed by atoms with Crippen LogP contribution in [0.4, 0.5) is 0 Å². The minimum Gasteiger partial charge on any atom is -0.337 e. The minimum atomic E-state index is -0.435. The van der Waals surface area contributed by atoms with E-state index in [1.807, 2.05) is 31.2 Å². The summed E-state index contributed by atoms with van der Waals surface area (Å²) in [5.74, 6) is -0.00887. The van der Waals surface area contributed by atoms with Crippen LogP contribution in [-0.2, 0) is 11.3 Å². The molecule has 0 bridgehead atoms. The van der Waals surface area contributed by atoms with Crippen LogP contribution < -0.4 is 5.73 Å². The number of halogens is 1. The molecule has 0 unspecified atom stereocenters. The van der Waals surface area contributed by atoms with E-state index in [-0.39, 0.29) is 5.91 Å². The van der Waals surface area contributed by atoms with Gasteiger partial charge in [0.1, 0.15) is 0 Å². The van der Waals surface area contributed by atoms with Crippen molar-refractivity contribution in [3.05, 3.63) is 34.3 Å². The van der Waals surface area contributed by atoms with Gasteiger partial charge in [0.05, 0.1) is 6.04 Å². The Morgan fingerprint density at radius 3 is 2.44 bits per heavy atom. The van der Waals surface area contributed by atoms with E-state index in [1.54, 1.807) is 11.8 Å². The number of carbonyl (C=O) groups is 1. The third-order valence-corrected chi connectivity index (χ3v) is 2.90. The van der Waals surface area contributed by atoms with Crippen LogP contribution in [0.1, 0.15) is 19.4 Å². The molecule has 1 rings (SSSR count). The second kappa shape index (κ2) is 6.01. The lowest BCUT2D eigenvalue weighted by molar-refractivity contribution is -0.132. The number of hydrogen-bond acceptors (Lipinski definition) is 2. The van der Waals surface area contributed by atoms with E-state index >= 15 is 0 Å². The predicted octanol–water partition coefficient (Wildman–Crippen LogP) is 2.14. The van der Waals surface area contributed by atoms with Crippen molar-refractivity contribution in [1.82, 2.24) is 4.90 Å². The Balaban J connectivity index is 2.70. The Kier molecular flexibility index (Phi) is 4.96. The molecule has 1 amide bonds. The molecule has 0 spiro atoms. The summed E-state index contributed by atoms with van der Waals surface area (Å²) in [5, 5.41) is 0. The van der Waals surface area contributed by atoms with E-state index < -0.39 is 6.04 Å². The van der Waals surface area contributed by atoms with Crippen molar-refractivity contribution in [2.24, 2.45) is 5.73 Å². The largest absolute Gasteiger partial charge is 0.337 e. The van der Waals surface area contributed by atoms with Gasteiger partial charge in [-0.2, -0.15) is 0 Å². The fourth-order valence-corrected chi connectivity index (χ4v) is 1.71. The first-order valence-electron chi connectivity index (χ1n) is 5.33. The van der Waals surface area contributed by atoms with Crippen LogP contribution in [0.15, 0.2) is 28.7 Å². The second-order valence-electron chi connectivity index (χ2n) is 3.77. The second-order valence-corrected chi connectivity index (χ2v) is 4.68. The maximum absolute atomic E-state index is 11.7. The molecule has 4 heteroatoms. The van der Waals surface area contributed by atoms with Gasteiger partial charge in [-0.1, -0.05) is 28.1 Å². The molecular weight excluding hydrogens is 268 g/mol. The number of benzene rings is 1. The minimum absolute atomic E-state index is 0.00887. The Hall–Kier alpha value is -0.870. The fourth-order valence-electron chi connectivity index (χ4n) is 1.44. The molecule has 0 aliphatic carbocycles. The van der Waals surface area contributed by atoms with Crippen LogP contribution in [0.25, 0.3) is 0 Å². The molecule has 1 atom stereocenters. The number of likely N-dealkylation sites (N-methyl/N-ethyl adjacent to an activating group) is 1. The van der Waals surface area contributed by atoms with E-state index in [1.165, 1.54) is 0 Å². The summed E-state index contributed by atoms with van der Waals surface area (Å²) in [6.45, 7) is 4.96. The standard InChI is InChI=1S/C12H17BrN2O/c1-3-15(12(16)9(2)14)8-10-4-6-11(13)7-5-10/h4-7,9H,3,8,14H2,1-2H3/t9-/m0/s1. The summed E-state index contributed by atoms with van der Waals surface area (Å²) in [4.78, 5) is 13.5. The number of amides is 1. The molecular formula is C12H17BrN2O. The van der Waals surface area contributed by atoms with Gasteiger partial charge in [0.15, 0.2) is 0 Å². The molecule has 0 saturated heterocycles. The molecule has 0 aromatic heterocycles. The average molecular weight is 285 g/mol. The molecule has 1 aromatic carbocycles. The Bertz CT molecular complexity index is 349. The van der Waals surface area contributed by atoms with Gasteiger partial charge in [0.25, 0.3) is 0 Å². The molecule has 0 heterocycles. The summed E-state index contributed by atoms with van der Waals surface area (Å²) < 4.78 is 1.04. The normalized spacial score (nSPS) is 12.2. The van der Waals surface area contributed by atoms with E-state index in [0.29, 0.717) is 13.1 Å². The van der Waals surface area contributed by atoms with Crippen LogP contribution in [0, 0.1) is 0 Å². The van der Waals surface area contributed by atoms with Crippen molar-refractivity contribution in [3.8, 4) is 0 Å². The average Bonchev–Trinajstić information content (AvgIpc) is 2.27. The summed E-state index contributed by atoms with van der Waals surface area (Å²) in [7, 11) is 0. The molecule has 2 N–H and O–H groups in total. The SMILES string of the molecule is CCN(Cc1ccc(Br)cc1)C(=O)[C@H](C)N. The first-order chi connectivity index (χ1) is 7.54. The van der Waals surface area contributed by atoms with Crippen molar-refractivity contribution in [3.63, 3.8) is 0 Å². The third kappa shape index (κ3) is 3.61. The van der Waals surface area contributed by atoms with Crippen LogP contribution in [0.3, 0.4) is 0 Å². The first-order valence-corrected chi connectivity index (χ1v) is 6.12. The zero-order chi connectivity index (χ0) is 12.1. The van der Waals surface area contributed by atoms with Gasteiger partial charge in [-0.25, -0.2) is 0 Å². The molecule has 0 radical (unpaired) electrons. The summed E-state index contributed by atoms with van der Waals surface area (Å²) in [6.07, 6.45) is 0. The first kappa shape index (κ1) is 13.2. The van der Waals surface area contributed by atoms with E-state index in [0.717, 1.165) is 10.0 Å². The summed E-state index contributed by atoms with van der Waals surface area (Å²) in [6, 6.07) is 7.51. The van der Waals surface area contributed by atoms with Crippen LogP contribution >= 0.6 is 15.9 Å². The van der Waals surface area contributed by atoms with Gasteiger partial charge in [0, 0.05) is 17.6 Å². The topological polar surface area (TPSA) is 46.3 Å². The number of nitrogens with zero attached hydrogens (tertiary/aromatic N) is 1. The number of carbonyl (C=O) groups excluding carboxylic acids is 1. The Morgan fingerprint density at radius 1 is 1.44 bits per heavy atom. The molecule has 16 heavy (non-hydrogen) atoms. The lowest BCUT2D eigenvalue weighted by Crippen LogP contribution is -2.41. The van der Waals surface area contributed by atoms with Crippen LogP contribution in [0.2, 0.25) is 0 Å². The fraction of sp³-hybridized carbons (Fsp3) is 0.417. The van der Waals surface area contributed by atoms with E-state index in [9.17, 15) is 4.79 Å². The zero-order valence-electron chi connectivity index (χ0n) is 9.61. The van der Waals surface area contributed by atoms with Gasteiger partial charge in [-0.15, -0.1) is 0 Å². The monoisotopic (exact) mass is 284 g/mol. The molecule has 1 aromatic rings. The van der Waals surface area contributed by atoms with Gasteiger partial charge in [-0.3, -0.25) is 4.79 Å². The third-order valence-electron chi connectivity index (χ3n) is 2.37. The molecule has 0 aliphatic rings. The van der Waals surface area contributed by atoms with Crippen LogP contribution in [-0.4, -0.2) is 23.4 Å². The van der Waals surface area contributed by atoms with Gasteiger partial charge in [0.2, 0.25) is 5.91 Å². The van der Waals surface area contributed by atoms with Crippen LogP contribution in [0.5, 0.6) is 0 Å². The molecule has 3 nitrogen and oxygen atoms in total. The highest BCUT2D eigenvalue weighted by Gasteiger charge is 2.15. The Morgan fingerprint density at radius 2 is 2.00 bits per heavy atom. The van der Waals surface area contributed by atoms with Crippen molar-refractivity contribution < 1.29 is 4.79 Å². The van der Waals surface area contributed by atoms with Crippen molar-refractivity contribution >= 4 is 21.8 Å². The highest BCUT2D eigenvalue weighted by atomic mass is 79.9. The quantitative estimate of drug-likeness (QED) is 0.921. The van der Waals surface area contributed by atoms with Gasteiger partial charge < -0.3 is 10.6 Å². The molecule has 0 fully saturated rings. The maximum atomic E-state index is 11.7. The van der Waals surface area contributed by atoms with Crippen molar-refractivity contribution in [2.45, 2.75) is 26.4 Å². The number of hydrogen-bond donors (Lipinski definition) is 1. The molecule has 0 saturated carbocycles. The highest BCUT2D eigenvalue weighted by molar-refractivity contribution is 9.10. The van der Waals surface area contributed by atoms with Crippen molar-refractivity contribution in [1.29, 1.82) is 0 Å². The van der Waals surface area contributed by atoms with Gasteiger partial charge in [-0.05, 0) is 31.5 Å². The van der Waals surface area contributed by atoms with Gasteiger partial charge >= 0.3 is 0 Å². The zero-order valence-corrected chi connectivity index (χ0v) is 11.2. The predicted molar refractivity (Wildman–Crippen MR) is 68.9 cm³/mol. The lowest BCUT2D eigenvalue weighted by Gasteiger charge is -2.22. The molecule has 88 valence electrons. The molecule has 0 aliphatic heterocycles. The lowest BCUT2D eigenvalue weighted by atomic mass is 10.2. The van der Waals surface area contributed by atoms with Crippen molar-refractivity contribution in [2.75, 3.05) is 6.54 Å². The van der Waals surface area contributed by atoms with E-state index in [2.05, 4.69) is 15.9 Å².